The Morgan fingerprint density at radius 3 is 2.65 bits per heavy atom. The van der Waals surface area contributed by atoms with Gasteiger partial charge in [-0.2, -0.15) is 0 Å². The summed E-state index contributed by atoms with van der Waals surface area (Å²) in [7, 11) is 0. The van der Waals surface area contributed by atoms with Gasteiger partial charge >= 0.3 is 0 Å². The molecule has 0 saturated carbocycles. The molecule has 4 nitrogen and oxygen atoms in total. The summed E-state index contributed by atoms with van der Waals surface area (Å²) < 4.78 is 0. The molecule has 2 rings (SSSR count). The maximum Gasteiger partial charge on any atom is 0.273 e. The van der Waals surface area contributed by atoms with Crippen LogP contribution in [0, 0.1) is 20.8 Å². The van der Waals surface area contributed by atoms with Crippen LogP contribution in [0.15, 0.2) is 24.4 Å². The Bertz CT molecular complexity index is 558. The van der Waals surface area contributed by atoms with E-state index in [1.165, 1.54) is 11.8 Å². The molecule has 0 bridgehead atoms. The van der Waals surface area contributed by atoms with Gasteiger partial charge in [-0.15, -0.1) is 0 Å². The smallest absolute Gasteiger partial charge is 0.273 e. The number of carbonyl (C=O) groups excluding carboxylic acids is 1. The van der Waals surface area contributed by atoms with Crippen molar-refractivity contribution in [3.8, 4) is 0 Å². The van der Waals surface area contributed by atoms with E-state index < -0.39 is 0 Å². The lowest BCUT2D eigenvalue weighted by Crippen LogP contribution is -2.13. The lowest BCUT2D eigenvalue weighted by Gasteiger charge is -2.07. The number of carbonyl (C=O) groups is 1. The maximum atomic E-state index is 11.9. The number of rotatable bonds is 2. The highest BCUT2D eigenvalue weighted by molar-refractivity contribution is 6.03. The van der Waals surface area contributed by atoms with Crippen LogP contribution in [0.2, 0.25) is 0 Å². The van der Waals surface area contributed by atoms with E-state index in [1.807, 2.05) is 39.0 Å². The molecular formula is C13H15N3O. The van der Waals surface area contributed by atoms with Crippen LogP contribution in [0.3, 0.4) is 0 Å². The quantitative estimate of drug-likeness (QED) is 0.831. The molecule has 4 heteroatoms. The Labute approximate surface area is 100 Å². The van der Waals surface area contributed by atoms with Crippen LogP contribution < -0.4 is 5.32 Å². The van der Waals surface area contributed by atoms with Crippen LogP contribution in [0.1, 0.15) is 27.4 Å². The Kier molecular flexibility index (Phi) is 2.95. The average molecular weight is 229 g/mol. The van der Waals surface area contributed by atoms with Crippen molar-refractivity contribution in [3.05, 3.63) is 47.0 Å². The van der Waals surface area contributed by atoms with Gasteiger partial charge in [-0.3, -0.25) is 4.79 Å². The highest BCUT2D eigenvalue weighted by Crippen LogP contribution is 2.16. The minimum absolute atomic E-state index is 0.169. The van der Waals surface area contributed by atoms with E-state index in [0.29, 0.717) is 5.69 Å². The molecule has 0 spiro atoms. The van der Waals surface area contributed by atoms with Crippen molar-refractivity contribution in [1.29, 1.82) is 0 Å². The average Bonchev–Trinajstić information content (AvgIpc) is 2.69. The first kappa shape index (κ1) is 11.4. The number of nitrogens with one attached hydrogen (secondary N) is 2. The zero-order valence-corrected chi connectivity index (χ0v) is 10.2. The number of aromatic amines is 1. The normalized spacial score (nSPS) is 10.3. The second-order valence-corrected chi connectivity index (χ2v) is 4.15. The van der Waals surface area contributed by atoms with Gasteiger partial charge in [-0.25, -0.2) is 4.98 Å². The predicted molar refractivity (Wildman–Crippen MR) is 67.2 cm³/mol. The summed E-state index contributed by atoms with van der Waals surface area (Å²) in [5.74, 6) is 0.563. The van der Waals surface area contributed by atoms with E-state index in [9.17, 15) is 4.79 Å². The van der Waals surface area contributed by atoms with Gasteiger partial charge in [-0.05, 0) is 32.4 Å². The number of nitrogens with zero attached hydrogens (tertiary/aromatic N) is 1. The maximum absolute atomic E-state index is 11.9. The molecule has 17 heavy (non-hydrogen) atoms. The minimum atomic E-state index is -0.169. The van der Waals surface area contributed by atoms with Crippen LogP contribution in [0.5, 0.6) is 0 Å². The van der Waals surface area contributed by atoms with Crippen molar-refractivity contribution < 1.29 is 4.79 Å². The lowest BCUT2D eigenvalue weighted by molar-refractivity contribution is 0.102. The van der Waals surface area contributed by atoms with Crippen molar-refractivity contribution in [1.82, 2.24) is 9.97 Å². The molecule has 0 unspecified atom stereocenters. The van der Waals surface area contributed by atoms with Gasteiger partial charge in [0.25, 0.3) is 5.91 Å². The molecule has 0 saturated heterocycles. The number of H-pyrrole nitrogens is 1. The third-order valence-corrected chi connectivity index (χ3v) is 2.58. The van der Waals surface area contributed by atoms with Crippen molar-refractivity contribution in [2.45, 2.75) is 20.8 Å². The van der Waals surface area contributed by atoms with Gasteiger partial charge < -0.3 is 10.3 Å². The van der Waals surface area contributed by atoms with Crippen LogP contribution in [0.4, 0.5) is 5.69 Å². The second-order valence-electron chi connectivity index (χ2n) is 4.15. The summed E-state index contributed by atoms with van der Waals surface area (Å²) >= 11 is 0. The van der Waals surface area contributed by atoms with Gasteiger partial charge in [-0.1, -0.05) is 17.7 Å². The number of anilines is 1. The number of amides is 1. The molecule has 88 valence electrons. The van der Waals surface area contributed by atoms with Crippen molar-refractivity contribution >= 4 is 11.6 Å². The third kappa shape index (κ3) is 2.53. The van der Waals surface area contributed by atoms with Crippen molar-refractivity contribution in [3.63, 3.8) is 0 Å². The molecule has 2 aromatic rings. The molecular weight excluding hydrogens is 214 g/mol. The van der Waals surface area contributed by atoms with Crippen LogP contribution >= 0.6 is 0 Å². The van der Waals surface area contributed by atoms with E-state index >= 15 is 0 Å². The number of aryl methyl sites for hydroxylation is 3. The Morgan fingerprint density at radius 1 is 1.29 bits per heavy atom. The van der Waals surface area contributed by atoms with Crippen molar-refractivity contribution in [2.75, 3.05) is 5.32 Å². The molecule has 0 aliphatic carbocycles. The Hall–Kier alpha value is -2.10. The molecule has 0 fully saturated rings. The molecule has 0 aliphatic rings. The van der Waals surface area contributed by atoms with Crippen molar-refractivity contribution in [2.24, 2.45) is 0 Å². The summed E-state index contributed by atoms with van der Waals surface area (Å²) in [6, 6.07) is 5.92. The SMILES string of the molecule is Cc1ccc(NC(=O)c2cnc(C)[nH]2)c(C)c1. The predicted octanol–water partition coefficient (Wildman–Crippen LogP) is 2.59. The Morgan fingerprint density at radius 2 is 2.06 bits per heavy atom. The van der Waals surface area contributed by atoms with E-state index in [2.05, 4.69) is 15.3 Å². The fourth-order valence-corrected chi connectivity index (χ4v) is 1.68. The van der Waals surface area contributed by atoms with Gasteiger partial charge in [0.1, 0.15) is 11.5 Å². The Balaban J connectivity index is 2.18. The molecule has 1 aromatic carbocycles. The van der Waals surface area contributed by atoms with Crippen LogP contribution in [-0.2, 0) is 0 Å². The van der Waals surface area contributed by atoms with E-state index in [0.717, 1.165) is 17.1 Å². The fraction of sp³-hybridized carbons (Fsp3) is 0.231. The summed E-state index contributed by atoms with van der Waals surface area (Å²) in [5.41, 5.74) is 3.53. The molecule has 0 aliphatic heterocycles. The van der Waals surface area contributed by atoms with E-state index in [-0.39, 0.29) is 5.91 Å². The second kappa shape index (κ2) is 4.41. The van der Waals surface area contributed by atoms with Gasteiger partial charge in [0.2, 0.25) is 0 Å². The monoisotopic (exact) mass is 229 g/mol. The van der Waals surface area contributed by atoms with Crippen LogP contribution in [0.25, 0.3) is 0 Å². The first-order chi connectivity index (χ1) is 8.06. The summed E-state index contributed by atoms with van der Waals surface area (Å²) in [5, 5.41) is 2.86. The zero-order chi connectivity index (χ0) is 12.4. The first-order valence-corrected chi connectivity index (χ1v) is 5.46. The van der Waals surface area contributed by atoms with Gasteiger partial charge in [0.15, 0.2) is 0 Å². The summed E-state index contributed by atoms with van der Waals surface area (Å²) in [6.45, 7) is 5.81. The molecule has 1 heterocycles. The molecule has 1 aromatic heterocycles. The highest BCUT2D eigenvalue weighted by atomic mass is 16.1. The highest BCUT2D eigenvalue weighted by Gasteiger charge is 2.09. The van der Waals surface area contributed by atoms with Crippen LogP contribution in [-0.4, -0.2) is 15.9 Å². The summed E-state index contributed by atoms with van der Waals surface area (Å²) in [6.07, 6.45) is 1.54. The fourth-order valence-electron chi connectivity index (χ4n) is 1.68. The number of hydrogen-bond donors (Lipinski definition) is 2. The first-order valence-electron chi connectivity index (χ1n) is 5.46. The number of imidazole rings is 1. The van der Waals surface area contributed by atoms with Gasteiger partial charge in [0, 0.05) is 5.69 Å². The van der Waals surface area contributed by atoms with Gasteiger partial charge in [0.05, 0.1) is 6.20 Å². The van der Waals surface area contributed by atoms with E-state index in [1.54, 1.807) is 0 Å². The standard InChI is InChI=1S/C13H15N3O/c1-8-4-5-11(9(2)6-8)16-13(17)12-7-14-10(3)15-12/h4-7H,1-3H3,(H,14,15)(H,16,17). The zero-order valence-electron chi connectivity index (χ0n) is 10.2. The largest absolute Gasteiger partial charge is 0.338 e. The molecule has 0 atom stereocenters. The minimum Gasteiger partial charge on any atom is -0.338 e. The lowest BCUT2D eigenvalue weighted by atomic mass is 10.1. The molecule has 2 N–H and O–H groups in total. The van der Waals surface area contributed by atoms with E-state index in [4.69, 9.17) is 0 Å². The number of aromatic nitrogens is 2. The third-order valence-electron chi connectivity index (χ3n) is 2.58. The number of benzene rings is 1. The topological polar surface area (TPSA) is 57.8 Å². The molecule has 0 radical (unpaired) electrons. The number of hydrogen-bond acceptors (Lipinski definition) is 2. The summed E-state index contributed by atoms with van der Waals surface area (Å²) in [4.78, 5) is 18.8. The molecule has 1 amide bonds.